The van der Waals surface area contributed by atoms with E-state index >= 15 is 0 Å². The predicted octanol–water partition coefficient (Wildman–Crippen LogP) is 11.2. The molecular weight excluding hydrogens is 576 g/mol. The largest absolute Gasteiger partial charge is 0.148 e. The molecule has 0 saturated heterocycles. The van der Waals surface area contributed by atoms with Crippen molar-refractivity contribution in [2.75, 3.05) is 0 Å². The van der Waals surface area contributed by atoms with Crippen LogP contribution in [0.1, 0.15) is 43.8 Å². The van der Waals surface area contributed by atoms with Crippen molar-refractivity contribution in [3.63, 3.8) is 0 Å². The first-order valence-electron chi connectivity index (χ1n) is 13.1. The molecule has 7 aromatic rings. The minimum atomic E-state index is 0.0964. The van der Waals surface area contributed by atoms with Gasteiger partial charge in [-0.1, -0.05) is 125 Å². The molecule has 0 aliphatic rings. The maximum absolute atomic E-state index is 4.06. The van der Waals surface area contributed by atoms with Crippen molar-refractivity contribution < 1.29 is 0 Å². The van der Waals surface area contributed by atoms with Gasteiger partial charge in [0.1, 0.15) is 0 Å². The van der Waals surface area contributed by atoms with Gasteiger partial charge in [-0.2, -0.15) is 0 Å². The number of fused-ring (bicyclic) bond motifs is 2. The summed E-state index contributed by atoms with van der Waals surface area (Å²) in [5, 5.41) is 9.56. The van der Waals surface area contributed by atoms with Gasteiger partial charge in [-0.25, -0.2) is 0 Å². The third-order valence-corrected chi connectivity index (χ3v) is 10.2. The van der Waals surface area contributed by atoms with Gasteiger partial charge < -0.3 is 0 Å². The minimum absolute atomic E-state index is 0.0964. The standard InChI is InChI=1S/C36H25BrS2/c37-31-19-7-18-30(34(32-20-8-22-38-32)28-16-5-12-24-10-1-3-14-26(24)28)35(31)36(33-21-9-23-39-33)29-17-6-13-25-11-2-4-15-27(25)29/h1-23,34,36H. The number of hydrogen-bond donors (Lipinski definition) is 0. The molecule has 0 nitrogen and oxygen atoms in total. The van der Waals surface area contributed by atoms with Crippen molar-refractivity contribution in [2.24, 2.45) is 0 Å². The zero-order chi connectivity index (χ0) is 26.2. The smallest absolute Gasteiger partial charge is 0.0454 e. The molecule has 0 fully saturated rings. The van der Waals surface area contributed by atoms with E-state index < -0.39 is 0 Å². The molecule has 0 aliphatic heterocycles. The molecule has 2 aromatic heterocycles. The zero-order valence-electron chi connectivity index (χ0n) is 21.1. The van der Waals surface area contributed by atoms with Gasteiger partial charge in [0, 0.05) is 26.1 Å². The van der Waals surface area contributed by atoms with E-state index in [0.717, 1.165) is 4.47 Å². The topological polar surface area (TPSA) is 0 Å². The molecule has 0 aliphatic carbocycles. The van der Waals surface area contributed by atoms with Gasteiger partial charge in [0.15, 0.2) is 0 Å². The lowest BCUT2D eigenvalue weighted by atomic mass is 9.78. The SMILES string of the molecule is Brc1cccc(C(c2cccs2)c2cccc3ccccc23)c1C(c1cccs1)c1cccc2ccccc12. The maximum atomic E-state index is 4.06. The van der Waals surface area contributed by atoms with E-state index in [1.807, 2.05) is 22.7 Å². The molecule has 0 bridgehead atoms. The summed E-state index contributed by atoms with van der Waals surface area (Å²) in [4.78, 5) is 2.70. The van der Waals surface area contributed by atoms with E-state index in [2.05, 4.69) is 154 Å². The van der Waals surface area contributed by atoms with E-state index in [9.17, 15) is 0 Å². The van der Waals surface area contributed by atoms with Gasteiger partial charge in [-0.15, -0.1) is 22.7 Å². The van der Waals surface area contributed by atoms with Gasteiger partial charge >= 0.3 is 0 Å². The first-order valence-corrected chi connectivity index (χ1v) is 15.7. The highest BCUT2D eigenvalue weighted by molar-refractivity contribution is 9.10. The van der Waals surface area contributed by atoms with Crippen molar-refractivity contribution >= 4 is 60.1 Å². The highest BCUT2D eigenvalue weighted by Gasteiger charge is 2.30. The third-order valence-electron chi connectivity index (χ3n) is 7.61. The van der Waals surface area contributed by atoms with Crippen LogP contribution in [0.3, 0.4) is 0 Å². The average molecular weight is 602 g/mol. The quantitative estimate of drug-likeness (QED) is 0.178. The molecule has 0 radical (unpaired) electrons. The van der Waals surface area contributed by atoms with E-state index in [1.54, 1.807) is 0 Å². The van der Waals surface area contributed by atoms with Crippen molar-refractivity contribution in [2.45, 2.75) is 11.8 Å². The fourth-order valence-electron chi connectivity index (χ4n) is 5.95. The Bertz CT molecular complexity index is 1870. The summed E-state index contributed by atoms with van der Waals surface area (Å²) < 4.78 is 1.15. The number of benzene rings is 5. The molecule has 2 atom stereocenters. The second-order valence-electron chi connectivity index (χ2n) is 9.78. The van der Waals surface area contributed by atoms with Crippen LogP contribution in [0.25, 0.3) is 21.5 Å². The number of thiophene rings is 2. The summed E-state index contributed by atoms with van der Waals surface area (Å²) in [5.41, 5.74) is 5.36. The second-order valence-corrected chi connectivity index (χ2v) is 12.6. The molecule has 5 aromatic carbocycles. The van der Waals surface area contributed by atoms with Gasteiger partial charge in [0.05, 0.1) is 0 Å². The van der Waals surface area contributed by atoms with Crippen LogP contribution >= 0.6 is 38.6 Å². The second kappa shape index (κ2) is 10.6. The van der Waals surface area contributed by atoms with Crippen LogP contribution in [-0.2, 0) is 0 Å². The molecule has 0 amide bonds. The molecule has 0 N–H and O–H groups in total. The molecule has 2 unspecified atom stereocenters. The van der Waals surface area contributed by atoms with Crippen molar-refractivity contribution in [3.8, 4) is 0 Å². The Morgan fingerprint density at radius 2 is 0.923 bits per heavy atom. The summed E-state index contributed by atoms with van der Waals surface area (Å²) in [6.07, 6.45) is 0. The van der Waals surface area contributed by atoms with Gasteiger partial charge in [0.25, 0.3) is 0 Å². The van der Waals surface area contributed by atoms with E-state index in [-0.39, 0.29) is 11.8 Å². The molecule has 39 heavy (non-hydrogen) atoms. The Kier molecular flexibility index (Phi) is 6.65. The number of rotatable bonds is 6. The Labute approximate surface area is 245 Å². The Hall–Kier alpha value is -3.50. The van der Waals surface area contributed by atoms with Crippen molar-refractivity contribution in [1.82, 2.24) is 0 Å². The predicted molar refractivity (Wildman–Crippen MR) is 173 cm³/mol. The van der Waals surface area contributed by atoms with Crippen LogP contribution in [0.5, 0.6) is 0 Å². The lowest BCUT2D eigenvalue weighted by molar-refractivity contribution is 0.922. The highest BCUT2D eigenvalue weighted by atomic mass is 79.9. The van der Waals surface area contributed by atoms with E-state index in [1.165, 1.54) is 53.6 Å². The first kappa shape index (κ1) is 24.5. The molecule has 188 valence electrons. The summed E-state index contributed by atoms with van der Waals surface area (Å²) in [5.74, 6) is 0.208. The molecular formula is C36H25BrS2. The van der Waals surface area contributed by atoms with Gasteiger partial charge in [-0.05, 0) is 72.8 Å². The highest BCUT2D eigenvalue weighted by Crippen LogP contribution is 2.48. The van der Waals surface area contributed by atoms with Crippen LogP contribution in [0.15, 0.2) is 143 Å². The summed E-state index contributed by atoms with van der Waals surface area (Å²) >= 11 is 7.73. The van der Waals surface area contributed by atoms with E-state index in [4.69, 9.17) is 0 Å². The monoisotopic (exact) mass is 600 g/mol. The fourth-order valence-corrected chi connectivity index (χ4v) is 8.27. The van der Waals surface area contributed by atoms with Crippen LogP contribution in [0.4, 0.5) is 0 Å². The molecule has 2 heterocycles. The molecule has 3 heteroatoms. The molecule has 0 spiro atoms. The Balaban J connectivity index is 1.55. The van der Waals surface area contributed by atoms with Crippen molar-refractivity contribution in [3.05, 3.63) is 175 Å². The molecule has 0 saturated carbocycles. The van der Waals surface area contributed by atoms with Crippen LogP contribution in [-0.4, -0.2) is 0 Å². The first-order chi connectivity index (χ1) is 19.3. The van der Waals surface area contributed by atoms with E-state index in [0.29, 0.717) is 0 Å². The number of halogens is 1. The van der Waals surface area contributed by atoms with Gasteiger partial charge in [-0.3, -0.25) is 0 Å². The lowest BCUT2D eigenvalue weighted by Crippen LogP contribution is -2.12. The normalized spacial score (nSPS) is 13.1. The van der Waals surface area contributed by atoms with Gasteiger partial charge in [0.2, 0.25) is 0 Å². The summed E-state index contributed by atoms with van der Waals surface area (Å²) in [6, 6.07) is 46.7. The zero-order valence-corrected chi connectivity index (χ0v) is 24.3. The van der Waals surface area contributed by atoms with Crippen LogP contribution in [0, 0.1) is 0 Å². The lowest BCUT2D eigenvalue weighted by Gasteiger charge is -2.28. The third kappa shape index (κ3) is 4.45. The fraction of sp³-hybridized carbons (Fsp3) is 0.0556. The minimum Gasteiger partial charge on any atom is -0.148 e. The summed E-state index contributed by atoms with van der Waals surface area (Å²) in [7, 11) is 0. The Morgan fingerprint density at radius 1 is 0.436 bits per heavy atom. The van der Waals surface area contributed by atoms with Crippen LogP contribution in [0.2, 0.25) is 0 Å². The Morgan fingerprint density at radius 3 is 1.51 bits per heavy atom. The number of hydrogen-bond acceptors (Lipinski definition) is 2. The maximum Gasteiger partial charge on any atom is 0.0454 e. The molecule has 7 rings (SSSR count). The van der Waals surface area contributed by atoms with Crippen LogP contribution < -0.4 is 0 Å². The van der Waals surface area contributed by atoms with Crippen molar-refractivity contribution in [1.29, 1.82) is 0 Å². The summed E-state index contributed by atoms with van der Waals surface area (Å²) in [6.45, 7) is 0. The average Bonchev–Trinajstić information content (AvgIpc) is 3.71.